The molecule has 1 aliphatic rings. The van der Waals surface area contributed by atoms with Crippen molar-refractivity contribution in [2.45, 2.75) is 6.92 Å². The molecule has 1 saturated heterocycles. The van der Waals surface area contributed by atoms with Gasteiger partial charge in [0.25, 0.3) is 0 Å². The smallest absolute Gasteiger partial charge is 0.320 e. The van der Waals surface area contributed by atoms with Gasteiger partial charge in [-0.3, -0.25) is 9.69 Å². The zero-order valence-corrected chi connectivity index (χ0v) is 5.59. The van der Waals surface area contributed by atoms with Crippen LogP contribution in [0, 0.1) is 0 Å². The lowest BCUT2D eigenvalue weighted by Gasteiger charge is -2.23. The minimum absolute atomic E-state index is 0.0944. The summed E-state index contributed by atoms with van der Waals surface area (Å²) in [6.07, 6.45) is 0. The molecular formula is C6H11NO2. The summed E-state index contributed by atoms with van der Waals surface area (Å²) in [6.45, 7) is 4.90. The molecule has 0 aromatic heterocycles. The van der Waals surface area contributed by atoms with Crippen LogP contribution >= 0.6 is 0 Å². The van der Waals surface area contributed by atoms with Gasteiger partial charge in [0, 0.05) is 6.54 Å². The van der Waals surface area contributed by atoms with Gasteiger partial charge in [-0.2, -0.15) is 0 Å². The largest absolute Gasteiger partial charge is 0.463 e. The van der Waals surface area contributed by atoms with Crippen LogP contribution in [0.5, 0.6) is 0 Å². The number of esters is 1. The van der Waals surface area contributed by atoms with Crippen molar-refractivity contribution in [1.29, 1.82) is 0 Å². The van der Waals surface area contributed by atoms with Crippen LogP contribution in [0.1, 0.15) is 6.92 Å². The Labute approximate surface area is 54.6 Å². The lowest BCUT2D eigenvalue weighted by Crippen LogP contribution is -2.39. The minimum Gasteiger partial charge on any atom is -0.463 e. The van der Waals surface area contributed by atoms with Crippen LogP contribution in [0.15, 0.2) is 0 Å². The van der Waals surface area contributed by atoms with Crippen LogP contribution in [0.4, 0.5) is 0 Å². The maximum Gasteiger partial charge on any atom is 0.320 e. The van der Waals surface area contributed by atoms with Crippen molar-refractivity contribution in [3.63, 3.8) is 0 Å². The molecule has 1 heterocycles. The quantitative estimate of drug-likeness (QED) is 0.462. The highest BCUT2D eigenvalue weighted by atomic mass is 16.5. The van der Waals surface area contributed by atoms with Gasteiger partial charge in [-0.15, -0.1) is 0 Å². The second-order valence-corrected chi connectivity index (χ2v) is 2.09. The molecule has 0 radical (unpaired) electrons. The van der Waals surface area contributed by atoms with Gasteiger partial charge < -0.3 is 4.74 Å². The van der Waals surface area contributed by atoms with Crippen molar-refractivity contribution >= 4 is 5.97 Å². The predicted octanol–water partition coefficient (Wildman–Crippen LogP) is -0.135. The van der Waals surface area contributed by atoms with E-state index < -0.39 is 0 Å². The first-order chi connectivity index (χ1) is 4.33. The van der Waals surface area contributed by atoms with Crippen LogP contribution < -0.4 is 0 Å². The minimum atomic E-state index is -0.0944. The molecule has 0 amide bonds. The molecule has 0 N–H and O–H groups in total. The number of cyclic esters (lactones) is 1. The van der Waals surface area contributed by atoms with E-state index in [1.807, 2.05) is 6.92 Å². The zero-order valence-electron chi connectivity index (χ0n) is 5.59. The third kappa shape index (κ3) is 1.68. The fraction of sp³-hybridized carbons (Fsp3) is 0.833. The highest BCUT2D eigenvalue weighted by Gasteiger charge is 2.14. The Balaban J connectivity index is 2.32. The van der Waals surface area contributed by atoms with Crippen molar-refractivity contribution in [2.24, 2.45) is 0 Å². The number of carbonyl (C=O) groups is 1. The Morgan fingerprint density at radius 2 is 2.56 bits per heavy atom. The Hall–Kier alpha value is -0.570. The molecule has 3 heteroatoms. The molecular weight excluding hydrogens is 118 g/mol. The summed E-state index contributed by atoms with van der Waals surface area (Å²) < 4.78 is 4.73. The third-order valence-electron chi connectivity index (χ3n) is 1.47. The summed E-state index contributed by atoms with van der Waals surface area (Å²) in [7, 11) is 0. The summed E-state index contributed by atoms with van der Waals surface area (Å²) in [4.78, 5) is 12.6. The number of hydrogen-bond donors (Lipinski definition) is 0. The number of ether oxygens (including phenoxy) is 1. The SMILES string of the molecule is CCN1CCOC(=O)C1. The predicted molar refractivity (Wildman–Crippen MR) is 33.1 cm³/mol. The number of carbonyl (C=O) groups excluding carboxylic acids is 1. The standard InChI is InChI=1S/C6H11NO2/c1-2-7-3-4-9-6(8)5-7/h2-5H2,1H3. The van der Waals surface area contributed by atoms with Gasteiger partial charge in [-0.05, 0) is 6.54 Å². The molecule has 0 aromatic carbocycles. The van der Waals surface area contributed by atoms with Crippen LogP contribution in [0.3, 0.4) is 0 Å². The number of morpholine rings is 1. The van der Waals surface area contributed by atoms with E-state index in [1.165, 1.54) is 0 Å². The van der Waals surface area contributed by atoms with Crippen molar-refractivity contribution in [3.8, 4) is 0 Å². The monoisotopic (exact) mass is 129 g/mol. The third-order valence-corrected chi connectivity index (χ3v) is 1.47. The lowest BCUT2D eigenvalue weighted by atomic mass is 10.4. The second kappa shape index (κ2) is 2.82. The molecule has 9 heavy (non-hydrogen) atoms. The molecule has 3 nitrogen and oxygen atoms in total. The van der Waals surface area contributed by atoms with Gasteiger partial charge in [0.2, 0.25) is 0 Å². The zero-order chi connectivity index (χ0) is 6.69. The van der Waals surface area contributed by atoms with E-state index in [0.29, 0.717) is 13.2 Å². The molecule has 0 spiro atoms. The van der Waals surface area contributed by atoms with E-state index in [1.54, 1.807) is 0 Å². The van der Waals surface area contributed by atoms with E-state index in [-0.39, 0.29) is 5.97 Å². The number of nitrogens with zero attached hydrogens (tertiary/aromatic N) is 1. The lowest BCUT2D eigenvalue weighted by molar-refractivity contribution is -0.150. The molecule has 0 bridgehead atoms. The summed E-state index contributed by atoms with van der Waals surface area (Å²) in [5.41, 5.74) is 0. The molecule has 0 aromatic rings. The highest BCUT2D eigenvalue weighted by Crippen LogP contribution is 1.95. The summed E-state index contributed by atoms with van der Waals surface area (Å²) in [6, 6.07) is 0. The molecule has 0 unspecified atom stereocenters. The Kier molecular flexibility index (Phi) is 2.05. The normalized spacial score (nSPS) is 21.7. The van der Waals surface area contributed by atoms with Crippen LogP contribution in [0.25, 0.3) is 0 Å². The molecule has 1 aliphatic heterocycles. The van der Waals surface area contributed by atoms with E-state index in [9.17, 15) is 4.79 Å². The van der Waals surface area contributed by atoms with Gasteiger partial charge in [0.1, 0.15) is 6.61 Å². The van der Waals surface area contributed by atoms with E-state index in [4.69, 9.17) is 4.74 Å². The number of hydrogen-bond acceptors (Lipinski definition) is 3. The van der Waals surface area contributed by atoms with Crippen molar-refractivity contribution in [3.05, 3.63) is 0 Å². The maximum absolute atomic E-state index is 10.6. The number of likely N-dealkylation sites (N-methyl/N-ethyl adjacent to an activating group) is 1. The topological polar surface area (TPSA) is 29.5 Å². The molecule has 0 saturated carbocycles. The van der Waals surface area contributed by atoms with Gasteiger partial charge >= 0.3 is 5.97 Å². The average Bonchev–Trinajstić information content (AvgIpc) is 1.88. The van der Waals surface area contributed by atoms with Gasteiger partial charge in [0.15, 0.2) is 0 Å². The Morgan fingerprint density at radius 3 is 3.00 bits per heavy atom. The first-order valence-corrected chi connectivity index (χ1v) is 3.21. The number of rotatable bonds is 1. The van der Waals surface area contributed by atoms with Crippen molar-refractivity contribution in [1.82, 2.24) is 4.90 Å². The maximum atomic E-state index is 10.6. The van der Waals surface area contributed by atoms with Crippen LogP contribution in [-0.2, 0) is 9.53 Å². The fourth-order valence-corrected chi connectivity index (χ4v) is 0.866. The molecule has 1 rings (SSSR count). The second-order valence-electron chi connectivity index (χ2n) is 2.09. The average molecular weight is 129 g/mol. The van der Waals surface area contributed by atoms with Gasteiger partial charge in [0.05, 0.1) is 6.54 Å². The van der Waals surface area contributed by atoms with E-state index >= 15 is 0 Å². The van der Waals surface area contributed by atoms with Crippen LogP contribution in [0.2, 0.25) is 0 Å². The van der Waals surface area contributed by atoms with E-state index in [0.717, 1.165) is 13.1 Å². The Bertz CT molecular complexity index is 114. The highest BCUT2D eigenvalue weighted by molar-refractivity contribution is 5.72. The molecule has 0 atom stereocenters. The molecule has 52 valence electrons. The summed E-state index contributed by atoms with van der Waals surface area (Å²) in [5, 5.41) is 0. The van der Waals surface area contributed by atoms with Crippen molar-refractivity contribution < 1.29 is 9.53 Å². The summed E-state index contributed by atoms with van der Waals surface area (Å²) in [5.74, 6) is -0.0944. The first-order valence-electron chi connectivity index (χ1n) is 3.21. The first kappa shape index (κ1) is 6.55. The van der Waals surface area contributed by atoms with Crippen molar-refractivity contribution in [2.75, 3.05) is 26.2 Å². The molecule has 1 fully saturated rings. The summed E-state index contributed by atoms with van der Waals surface area (Å²) >= 11 is 0. The van der Waals surface area contributed by atoms with Gasteiger partial charge in [-0.1, -0.05) is 6.92 Å². The van der Waals surface area contributed by atoms with E-state index in [2.05, 4.69) is 4.90 Å². The Morgan fingerprint density at radius 1 is 1.78 bits per heavy atom. The molecule has 0 aliphatic carbocycles. The fourth-order valence-electron chi connectivity index (χ4n) is 0.866. The van der Waals surface area contributed by atoms with Gasteiger partial charge in [-0.25, -0.2) is 0 Å². The van der Waals surface area contributed by atoms with Crippen LogP contribution in [-0.4, -0.2) is 37.1 Å².